The van der Waals surface area contributed by atoms with Crippen molar-refractivity contribution in [3.63, 3.8) is 0 Å². The average molecular weight is 270 g/mol. The summed E-state index contributed by atoms with van der Waals surface area (Å²) in [5.41, 5.74) is 0. The minimum absolute atomic E-state index is 0.0775. The zero-order valence-electron chi connectivity index (χ0n) is 13.6. The van der Waals surface area contributed by atoms with Crippen LogP contribution in [0.2, 0.25) is 0 Å². The van der Waals surface area contributed by atoms with E-state index in [1.54, 1.807) is 0 Å². The molecule has 0 spiro atoms. The van der Waals surface area contributed by atoms with E-state index in [1.807, 2.05) is 0 Å². The first-order valence-electron chi connectivity index (χ1n) is 7.91. The van der Waals surface area contributed by atoms with Gasteiger partial charge in [-0.3, -0.25) is 0 Å². The van der Waals surface area contributed by atoms with Crippen LogP contribution in [0.4, 0.5) is 0 Å². The molecule has 0 aromatic carbocycles. The summed E-state index contributed by atoms with van der Waals surface area (Å²) in [4.78, 5) is 4.64. The van der Waals surface area contributed by atoms with Crippen molar-refractivity contribution in [2.45, 2.75) is 45.6 Å². The van der Waals surface area contributed by atoms with Crippen molar-refractivity contribution in [3.8, 4) is 0 Å². The van der Waals surface area contributed by atoms with Gasteiger partial charge in [0.15, 0.2) is 0 Å². The van der Waals surface area contributed by atoms with Crippen molar-refractivity contribution in [2.75, 3.05) is 40.8 Å². The largest absolute Gasteiger partial charge is 0.393 e. The Labute approximate surface area is 120 Å². The number of aliphatic hydroxyl groups excluding tert-OH is 1. The van der Waals surface area contributed by atoms with Gasteiger partial charge in [0, 0.05) is 6.54 Å². The number of rotatable bonds is 7. The molecule has 3 unspecified atom stereocenters. The molecule has 0 amide bonds. The fourth-order valence-corrected chi connectivity index (χ4v) is 3.23. The maximum atomic E-state index is 10.2. The molecule has 1 fully saturated rings. The van der Waals surface area contributed by atoms with E-state index in [-0.39, 0.29) is 6.10 Å². The zero-order valence-corrected chi connectivity index (χ0v) is 13.6. The summed E-state index contributed by atoms with van der Waals surface area (Å²) < 4.78 is 0. The van der Waals surface area contributed by atoms with Gasteiger partial charge < -0.3 is 14.9 Å². The van der Waals surface area contributed by atoms with E-state index < -0.39 is 0 Å². The third-order valence-corrected chi connectivity index (χ3v) is 4.62. The summed E-state index contributed by atoms with van der Waals surface area (Å²) in [6.45, 7) is 7.97. The highest BCUT2D eigenvalue weighted by Crippen LogP contribution is 2.34. The standard InChI is InChI=1S/C16H34N2O/c1-13(2)14-7-8-16(19)15(11-14)12-18(5)10-6-9-17(3)4/h13-16,19H,6-12H2,1-5H3. The molecule has 3 nitrogen and oxygen atoms in total. The van der Waals surface area contributed by atoms with Gasteiger partial charge in [-0.25, -0.2) is 0 Å². The van der Waals surface area contributed by atoms with Crippen LogP contribution in [0.25, 0.3) is 0 Å². The number of hydrogen-bond donors (Lipinski definition) is 1. The van der Waals surface area contributed by atoms with Crippen LogP contribution in [0.15, 0.2) is 0 Å². The molecule has 0 aromatic heterocycles. The Kier molecular flexibility index (Phi) is 7.33. The van der Waals surface area contributed by atoms with Crippen molar-refractivity contribution in [2.24, 2.45) is 17.8 Å². The van der Waals surface area contributed by atoms with Crippen molar-refractivity contribution in [3.05, 3.63) is 0 Å². The van der Waals surface area contributed by atoms with E-state index in [4.69, 9.17) is 0 Å². The SMILES string of the molecule is CC(C)C1CCC(O)C(CN(C)CCCN(C)C)C1. The molecule has 1 rings (SSSR count). The van der Waals surface area contributed by atoms with Crippen LogP contribution in [0.1, 0.15) is 39.5 Å². The normalized spacial score (nSPS) is 28.6. The van der Waals surface area contributed by atoms with Crippen LogP contribution in [0.3, 0.4) is 0 Å². The van der Waals surface area contributed by atoms with E-state index in [9.17, 15) is 5.11 Å². The van der Waals surface area contributed by atoms with Crippen LogP contribution in [-0.4, -0.2) is 61.8 Å². The minimum Gasteiger partial charge on any atom is -0.393 e. The van der Waals surface area contributed by atoms with Gasteiger partial charge in [0.25, 0.3) is 0 Å². The predicted octanol–water partition coefficient (Wildman–Crippen LogP) is 2.30. The molecule has 0 radical (unpaired) electrons. The van der Waals surface area contributed by atoms with Crippen molar-refractivity contribution in [1.29, 1.82) is 0 Å². The topological polar surface area (TPSA) is 26.7 Å². The van der Waals surface area contributed by atoms with E-state index in [1.165, 1.54) is 19.3 Å². The second kappa shape index (κ2) is 8.23. The average Bonchev–Trinajstić information content (AvgIpc) is 2.31. The van der Waals surface area contributed by atoms with Gasteiger partial charge in [0.1, 0.15) is 0 Å². The van der Waals surface area contributed by atoms with E-state index in [0.29, 0.717) is 5.92 Å². The number of aliphatic hydroxyl groups is 1. The molecule has 19 heavy (non-hydrogen) atoms. The molecule has 114 valence electrons. The van der Waals surface area contributed by atoms with E-state index in [2.05, 4.69) is 44.8 Å². The first-order valence-corrected chi connectivity index (χ1v) is 7.91. The lowest BCUT2D eigenvalue weighted by Crippen LogP contribution is -2.39. The second-order valence-electron chi connectivity index (χ2n) is 7.06. The third kappa shape index (κ3) is 6.24. The van der Waals surface area contributed by atoms with Crippen LogP contribution in [0, 0.1) is 17.8 Å². The minimum atomic E-state index is -0.0775. The zero-order chi connectivity index (χ0) is 14.4. The number of hydrogen-bond acceptors (Lipinski definition) is 3. The Balaban J connectivity index is 2.32. The Bertz CT molecular complexity index is 243. The Morgan fingerprint density at radius 2 is 1.79 bits per heavy atom. The molecule has 3 heteroatoms. The molecule has 3 atom stereocenters. The maximum absolute atomic E-state index is 10.2. The summed E-state index contributed by atoms with van der Waals surface area (Å²) >= 11 is 0. The van der Waals surface area contributed by atoms with Crippen molar-refractivity contribution < 1.29 is 5.11 Å². The van der Waals surface area contributed by atoms with Gasteiger partial charge in [-0.05, 0) is 77.7 Å². The van der Waals surface area contributed by atoms with Gasteiger partial charge in [-0.1, -0.05) is 13.8 Å². The lowest BCUT2D eigenvalue weighted by Gasteiger charge is -2.37. The van der Waals surface area contributed by atoms with Gasteiger partial charge in [0.05, 0.1) is 6.10 Å². The second-order valence-corrected chi connectivity index (χ2v) is 7.06. The maximum Gasteiger partial charge on any atom is 0.0580 e. The van der Waals surface area contributed by atoms with Gasteiger partial charge in [-0.2, -0.15) is 0 Å². The smallest absolute Gasteiger partial charge is 0.0580 e. The van der Waals surface area contributed by atoms with Crippen LogP contribution < -0.4 is 0 Å². The molecule has 1 saturated carbocycles. The van der Waals surface area contributed by atoms with Crippen LogP contribution >= 0.6 is 0 Å². The molecule has 1 aliphatic rings. The lowest BCUT2D eigenvalue weighted by molar-refractivity contribution is 0.0221. The Morgan fingerprint density at radius 1 is 1.11 bits per heavy atom. The Morgan fingerprint density at radius 3 is 2.37 bits per heavy atom. The quantitative estimate of drug-likeness (QED) is 0.769. The molecule has 0 aliphatic heterocycles. The van der Waals surface area contributed by atoms with Crippen molar-refractivity contribution in [1.82, 2.24) is 9.80 Å². The summed E-state index contributed by atoms with van der Waals surface area (Å²) in [5.74, 6) is 2.04. The summed E-state index contributed by atoms with van der Waals surface area (Å²) in [6, 6.07) is 0. The third-order valence-electron chi connectivity index (χ3n) is 4.62. The van der Waals surface area contributed by atoms with Crippen LogP contribution in [-0.2, 0) is 0 Å². The highest BCUT2D eigenvalue weighted by Gasteiger charge is 2.31. The molecule has 0 saturated heterocycles. The molecule has 1 aliphatic carbocycles. The molecule has 0 bridgehead atoms. The monoisotopic (exact) mass is 270 g/mol. The van der Waals surface area contributed by atoms with Gasteiger partial charge in [0.2, 0.25) is 0 Å². The molecular formula is C16H34N2O. The fourth-order valence-electron chi connectivity index (χ4n) is 3.23. The number of nitrogens with zero attached hydrogens (tertiary/aromatic N) is 2. The summed E-state index contributed by atoms with van der Waals surface area (Å²) in [7, 11) is 6.44. The van der Waals surface area contributed by atoms with E-state index >= 15 is 0 Å². The highest BCUT2D eigenvalue weighted by molar-refractivity contribution is 4.82. The van der Waals surface area contributed by atoms with E-state index in [0.717, 1.165) is 37.9 Å². The van der Waals surface area contributed by atoms with Crippen LogP contribution in [0.5, 0.6) is 0 Å². The Hall–Kier alpha value is -0.120. The molecule has 0 aromatic rings. The molecule has 1 N–H and O–H groups in total. The summed E-state index contributed by atoms with van der Waals surface area (Å²) in [5, 5.41) is 10.2. The predicted molar refractivity (Wildman–Crippen MR) is 82.3 cm³/mol. The summed E-state index contributed by atoms with van der Waals surface area (Å²) in [6.07, 6.45) is 4.54. The fraction of sp³-hybridized carbons (Fsp3) is 1.00. The lowest BCUT2D eigenvalue weighted by atomic mass is 9.74. The van der Waals surface area contributed by atoms with Gasteiger partial charge in [-0.15, -0.1) is 0 Å². The first-order chi connectivity index (χ1) is 8.90. The van der Waals surface area contributed by atoms with Crippen molar-refractivity contribution >= 4 is 0 Å². The molecular weight excluding hydrogens is 236 g/mol. The van der Waals surface area contributed by atoms with Gasteiger partial charge >= 0.3 is 0 Å². The highest BCUT2D eigenvalue weighted by atomic mass is 16.3. The first kappa shape index (κ1) is 16.9. The molecule has 0 heterocycles.